The number of nitrogens with zero attached hydrogens (tertiary/aromatic N) is 1. The van der Waals surface area contributed by atoms with Gasteiger partial charge in [0.15, 0.2) is 0 Å². The Morgan fingerprint density at radius 3 is 2.31 bits per heavy atom. The molecule has 2 aromatic carbocycles. The molecular formula is C22H22F2N2O3. The van der Waals surface area contributed by atoms with Crippen LogP contribution in [0.2, 0.25) is 0 Å². The highest BCUT2D eigenvalue weighted by atomic mass is 19.1. The number of H-pyrrole nitrogens is 1. The van der Waals surface area contributed by atoms with Crippen LogP contribution < -0.4 is 16.0 Å². The maximum atomic E-state index is 14.2. The fraction of sp³-hybridized carbons (Fsp3) is 0.273. The summed E-state index contributed by atoms with van der Waals surface area (Å²) in [5.74, 6) is -1.10. The van der Waals surface area contributed by atoms with E-state index in [1.807, 2.05) is 19.9 Å². The molecule has 29 heavy (non-hydrogen) atoms. The Hall–Kier alpha value is -3.22. The molecule has 0 fully saturated rings. The van der Waals surface area contributed by atoms with Crippen LogP contribution in [0, 0.1) is 25.5 Å². The van der Waals surface area contributed by atoms with Crippen LogP contribution in [0.5, 0.6) is 11.6 Å². The Morgan fingerprint density at radius 1 is 1.03 bits per heavy atom. The second-order valence-corrected chi connectivity index (χ2v) is 7.38. The summed E-state index contributed by atoms with van der Waals surface area (Å²) >= 11 is 0. The molecule has 1 aromatic heterocycles. The van der Waals surface area contributed by atoms with Crippen LogP contribution in [0.15, 0.2) is 46.0 Å². The lowest BCUT2D eigenvalue weighted by molar-refractivity contribution is 0.407. The summed E-state index contributed by atoms with van der Waals surface area (Å²) in [6.45, 7) is 7.08. The lowest BCUT2D eigenvalue weighted by Gasteiger charge is -2.19. The zero-order chi connectivity index (χ0) is 21.3. The molecule has 0 saturated heterocycles. The highest BCUT2D eigenvalue weighted by Gasteiger charge is 2.21. The smallest absolute Gasteiger partial charge is 0.331 e. The van der Waals surface area contributed by atoms with E-state index < -0.39 is 22.9 Å². The van der Waals surface area contributed by atoms with Gasteiger partial charge in [-0.2, -0.15) is 0 Å². The van der Waals surface area contributed by atoms with E-state index in [4.69, 9.17) is 4.74 Å². The van der Waals surface area contributed by atoms with Crippen molar-refractivity contribution < 1.29 is 13.5 Å². The molecule has 0 saturated carbocycles. The first-order valence-corrected chi connectivity index (χ1v) is 9.22. The number of aromatic nitrogens is 2. The summed E-state index contributed by atoms with van der Waals surface area (Å²) in [5, 5.41) is 0. The SMILES string of the molecule is Cc1cc(C)cc(Oc2c(C(C)C)c(=O)[nH]c(=O)n2Cc2cc(F)ccc2F)c1. The average Bonchev–Trinajstić information content (AvgIpc) is 2.59. The molecule has 0 bridgehead atoms. The van der Waals surface area contributed by atoms with Crippen molar-refractivity contribution in [2.24, 2.45) is 0 Å². The zero-order valence-electron chi connectivity index (χ0n) is 16.7. The Balaban J connectivity index is 2.21. The van der Waals surface area contributed by atoms with Crippen LogP contribution in [-0.2, 0) is 6.54 Å². The number of halogens is 2. The molecule has 0 aliphatic heterocycles. The minimum absolute atomic E-state index is 0.0161. The highest BCUT2D eigenvalue weighted by molar-refractivity contribution is 5.38. The molecule has 1 heterocycles. The Kier molecular flexibility index (Phi) is 5.68. The van der Waals surface area contributed by atoms with Crippen molar-refractivity contribution >= 4 is 0 Å². The van der Waals surface area contributed by atoms with Crippen molar-refractivity contribution in [1.29, 1.82) is 0 Å². The number of hydrogen-bond acceptors (Lipinski definition) is 3. The Labute approximate surface area is 166 Å². The molecule has 3 rings (SSSR count). The summed E-state index contributed by atoms with van der Waals surface area (Å²) < 4.78 is 34.9. The zero-order valence-corrected chi connectivity index (χ0v) is 16.7. The fourth-order valence-electron chi connectivity index (χ4n) is 3.27. The lowest BCUT2D eigenvalue weighted by Crippen LogP contribution is -2.34. The summed E-state index contributed by atoms with van der Waals surface area (Å²) in [4.78, 5) is 27.3. The second-order valence-electron chi connectivity index (χ2n) is 7.38. The third kappa shape index (κ3) is 4.45. The summed E-state index contributed by atoms with van der Waals surface area (Å²) in [6.07, 6.45) is 0. The third-order valence-corrected chi connectivity index (χ3v) is 4.51. The molecular weight excluding hydrogens is 378 g/mol. The van der Waals surface area contributed by atoms with E-state index in [1.165, 1.54) is 0 Å². The molecule has 0 spiro atoms. The summed E-state index contributed by atoms with van der Waals surface area (Å²) in [5.41, 5.74) is 0.782. The average molecular weight is 400 g/mol. The standard InChI is InChI=1S/C22H22F2N2O3/c1-12(2)19-20(27)25-22(28)26(11-15-10-16(23)5-6-18(15)24)21(19)29-17-8-13(3)7-14(4)9-17/h5-10,12H,11H2,1-4H3,(H,25,27,28). The number of rotatable bonds is 5. The van der Waals surface area contributed by atoms with Crippen molar-refractivity contribution in [3.8, 4) is 11.6 Å². The maximum Gasteiger partial charge on any atom is 0.331 e. The maximum absolute atomic E-state index is 14.2. The van der Waals surface area contributed by atoms with Crippen LogP contribution in [0.4, 0.5) is 8.78 Å². The van der Waals surface area contributed by atoms with Crippen LogP contribution in [0.3, 0.4) is 0 Å². The minimum atomic E-state index is -0.762. The van der Waals surface area contributed by atoms with Gasteiger partial charge >= 0.3 is 5.69 Å². The summed E-state index contributed by atoms with van der Waals surface area (Å²) in [6, 6.07) is 8.52. The number of nitrogens with one attached hydrogen (secondary N) is 1. The van der Waals surface area contributed by atoms with Crippen LogP contribution in [-0.4, -0.2) is 9.55 Å². The molecule has 152 valence electrons. The van der Waals surface area contributed by atoms with Gasteiger partial charge in [0.2, 0.25) is 5.88 Å². The van der Waals surface area contributed by atoms with Gasteiger partial charge in [-0.05, 0) is 61.2 Å². The topological polar surface area (TPSA) is 64.1 Å². The predicted molar refractivity (Wildman–Crippen MR) is 107 cm³/mol. The lowest BCUT2D eigenvalue weighted by atomic mass is 10.1. The number of hydrogen-bond donors (Lipinski definition) is 1. The van der Waals surface area contributed by atoms with Gasteiger partial charge in [0.05, 0.1) is 12.1 Å². The largest absolute Gasteiger partial charge is 0.440 e. The van der Waals surface area contributed by atoms with Gasteiger partial charge in [0, 0.05) is 5.56 Å². The van der Waals surface area contributed by atoms with Gasteiger partial charge in [0.1, 0.15) is 17.4 Å². The van der Waals surface area contributed by atoms with Gasteiger partial charge in [-0.1, -0.05) is 19.9 Å². The van der Waals surface area contributed by atoms with Crippen LogP contribution in [0.1, 0.15) is 42.0 Å². The van der Waals surface area contributed by atoms with Gasteiger partial charge in [-0.3, -0.25) is 14.3 Å². The van der Waals surface area contributed by atoms with E-state index in [-0.39, 0.29) is 29.5 Å². The van der Waals surface area contributed by atoms with E-state index in [2.05, 4.69) is 4.98 Å². The fourth-order valence-corrected chi connectivity index (χ4v) is 3.27. The van der Waals surface area contributed by atoms with Crippen LogP contribution >= 0.6 is 0 Å². The third-order valence-electron chi connectivity index (χ3n) is 4.51. The molecule has 0 aliphatic carbocycles. The van der Waals surface area contributed by atoms with E-state index in [9.17, 15) is 18.4 Å². The van der Waals surface area contributed by atoms with Gasteiger partial charge < -0.3 is 4.74 Å². The molecule has 0 radical (unpaired) electrons. The molecule has 0 aliphatic rings. The second kappa shape index (κ2) is 8.03. The van der Waals surface area contributed by atoms with Gasteiger partial charge in [-0.25, -0.2) is 13.6 Å². The van der Waals surface area contributed by atoms with Crippen molar-refractivity contribution in [2.75, 3.05) is 0 Å². The first-order valence-electron chi connectivity index (χ1n) is 9.22. The van der Waals surface area contributed by atoms with E-state index in [1.54, 1.807) is 26.0 Å². The molecule has 0 atom stereocenters. The van der Waals surface area contributed by atoms with Crippen molar-refractivity contribution in [3.05, 3.63) is 91.1 Å². The van der Waals surface area contributed by atoms with Crippen molar-refractivity contribution in [1.82, 2.24) is 9.55 Å². The molecule has 0 unspecified atom stereocenters. The molecule has 0 amide bonds. The number of ether oxygens (including phenoxy) is 1. The van der Waals surface area contributed by atoms with E-state index in [0.29, 0.717) is 5.75 Å². The number of aromatic amines is 1. The van der Waals surface area contributed by atoms with Gasteiger partial charge in [0.25, 0.3) is 5.56 Å². The Morgan fingerprint density at radius 2 is 1.69 bits per heavy atom. The predicted octanol–water partition coefficient (Wildman–Crippen LogP) is 4.40. The molecule has 1 N–H and O–H groups in total. The van der Waals surface area contributed by atoms with Crippen molar-refractivity contribution in [3.63, 3.8) is 0 Å². The monoisotopic (exact) mass is 400 g/mol. The molecule has 3 aromatic rings. The van der Waals surface area contributed by atoms with E-state index >= 15 is 0 Å². The minimum Gasteiger partial charge on any atom is -0.440 e. The molecule has 7 heteroatoms. The van der Waals surface area contributed by atoms with Crippen molar-refractivity contribution in [2.45, 2.75) is 40.2 Å². The van der Waals surface area contributed by atoms with Crippen LogP contribution in [0.25, 0.3) is 0 Å². The Bertz CT molecular complexity index is 1160. The first kappa shape index (κ1) is 20.5. The van der Waals surface area contributed by atoms with Gasteiger partial charge in [-0.15, -0.1) is 0 Å². The number of aryl methyl sites for hydroxylation is 2. The highest BCUT2D eigenvalue weighted by Crippen LogP contribution is 2.29. The molecule has 5 nitrogen and oxygen atoms in total. The van der Waals surface area contributed by atoms with E-state index in [0.717, 1.165) is 33.9 Å². The first-order chi connectivity index (χ1) is 13.7. The quantitative estimate of drug-likeness (QED) is 0.691. The summed E-state index contributed by atoms with van der Waals surface area (Å²) in [7, 11) is 0. The normalized spacial score (nSPS) is 11.1. The number of benzene rings is 2.